The Morgan fingerprint density at radius 3 is 2.92 bits per heavy atom. The van der Waals surface area contributed by atoms with Crippen molar-refractivity contribution in [1.82, 2.24) is 20.2 Å². The first kappa shape index (κ1) is 16.4. The van der Waals surface area contributed by atoms with E-state index in [9.17, 15) is 9.59 Å². The number of aryl methyl sites for hydroxylation is 1. The maximum absolute atomic E-state index is 12.4. The predicted octanol–water partition coefficient (Wildman–Crippen LogP) is 2.04. The van der Waals surface area contributed by atoms with Crippen molar-refractivity contribution in [2.24, 2.45) is 0 Å². The van der Waals surface area contributed by atoms with Crippen LogP contribution in [0.1, 0.15) is 27.9 Å². The molecule has 2 aromatic rings. The lowest BCUT2D eigenvalue weighted by Gasteiger charge is -2.14. The van der Waals surface area contributed by atoms with Gasteiger partial charge in [0.25, 0.3) is 5.91 Å². The summed E-state index contributed by atoms with van der Waals surface area (Å²) in [6, 6.07) is 3.68. The lowest BCUT2D eigenvalue weighted by Crippen LogP contribution is -2.31. The van der Waals surface area contributed by atoms with Crippen LogP contribution in [0.5, 0.6) is 0 Å². The standard InChI is InChI=1S/C16H19N5O2S/c1-3-20-7-8-21(16(20)23)15-19-11(2)13(24-15)14(22)18-10-12-5-4-6-17-9-12/h4-6,9H,3,7-8,10H2,1-2H3,(H,18,22). The average Bonchev–Trinajstić information content (AvgIpc) is 3.16. The molecule has 0 atom stereocenters. The number of amides is 3. The lowest BCUT2D eigenvalue weighted by molar-refractivity contribution is 0.0954. The van der Waals surface area contributed by atoms with Crippen molar-refractivity contribution in [2.45, 2.75) is 20.4 Å². The van der Waals surface area contributed by atoms with E-state index in [-0.39, 0.29) is 11.9 Å². The molecule has 0 spiro atoms. The summed E-state index contributed by atoms with van der Waals surface area (Å²) in [5, 5.41) is 3.45. The number of aromatic nitrogens is 2. The van der Waals surface area contributed by atoms with Crippen molar-refractivity contribution < 1.29 is 9.59 Å². The molecule has 1 aliphatic heterocycles. The van der Waals surface area contributed by atoms with E-state index in [1.807, 2.05) is 19.1 Å². The fraction of sp³-hybridized carbons (Fsp3) is 0.375. The highest BCUT2D eigenvalue weighted by Crippen LogP contribution is 2.28. The second-order valence-electron chi connectivity index (χ2n) is 5.47. The molecule has 1 saturated heterocycles. The molecule has 0 radical (unpaired) electrons. The quantitative estimate of drug-likeness (QED) is 0.899. The van der Waals surface area contributed by atoms with Crippen molar-refractivity contribution in [3.05, 3.63) is 40.7 Å². The first-order chi connectivity index (χ1) is 11.6. The van der Waals surface area contributed by atoms with Gasteiger partial charge in [0.1, 0.15) is 4.88 Å². The van der Waals surface area contributed by atoms with Crippen molar-refractivity contribution in [3.8, 4) is 0 Å². The molecule has 3 heterocycles. The van der Waals surface area contributed by atoms with Gasteiger partial charge in [0.05, 0.1) is 5.69 Å². The summed E-state index contributed by atoms with van der Waals surface area (Å²) in [6.45, 7) is 6.12. The summed E-state index contributed by atoms with van der Waals surface area (Å²) in [7, 11) is 0. The molecule has 0 unspecified atom stereocenters. The highest BCUT2D eigenvalue weighted by atomic mass is 32.1. The predicted molar refractivity (Wildman–Crippen MR) is 92.2 cm³/mol. The van der Waals surface area contributed by atoms with E-state index in [1.165, 1.54) is 11.3 Å². The Hall–Kier alpha value is -2.48. The molecule has 1 aliphatic rings. The maximum Gasteiger partial charge on any atom is 0.326 e. The first-order valence-electron chi connectivity index (χ1n) is 7.81. The molecule has 2 aromatic heterocycles. The molecule has 126 valence electrons. The van der Waals surface area contributed by atoms with Gasteiger partial charge >= 0.3 is 6.03 Å². The van der Waals surface area contributed by atoms with Crippen LogP contribution < -0.4 is 10.2 Å². The summed E-state index contributed by atoms with van der Waals surface area (Å²) in [5.41, 5.74) is 1.57. The molecule has 7 nitrogen and oxygen atoms in total. The van der Waals surface area contributed by atoms with E-state index in [2.05, 4.69) is 15.3 Å². The van der Waals surface area contributed by atoms with Crippen molar-refractivity contribution >= 4 is 28.4 Å². The van der Waals surface area contributed by atoms with Crippen LogP contribution in [0.3, 0.4) is 0 Å². The van der Waals surface area contributed by atoms with Crippen LogP contribution in [0.25, 0.3) is 0 Å². The Bertz CT molecular complexity index is 746. The van der Waals surface area contributed by atoms with Gasteiger partial charge in [0.2, 0.25) is 0 Å². The van der Waals surface area contributed by atoms with Crippen molar-refractivity contribution in [2.75, 3.05) is 24.5 Å². The van der Waals surface area contributed by atoms with Gasteiger partial charge in [-0.05, 0) is 25.5 Å². The molecular weight excluding hydrogens is 326 g/mol. The number of pyridine rings is 1. The third-order valence-electron chi connectivity index (χ3n) is 3.87. The number of likely N-dealkylation sites (N-methyl/N-ethyl adjacent to an activating group) is 1. The van der Waals surface area contributed by atoms with Crippen LogP contribution in [0.4, 0.5) is 9.93 Å². The Balaban J connectivity index is 1.70. The highest BCUT2D eigenvalue weighted by molar-refractivity contribution is 7.17. The molecule has 8 heteroatoms. The molecule has 3 rings (SSSR count). The Morgan fingerprint density at radius 2 is 2.25 bits per heavy atom. The van der Waals surface area contributed by atoms with Gasteiger partial charge in [0.15, 0.2) is 5.13 Å². The van der Waals surface area contributed by atoms with Crippen LogP contribution in [-0.2, 0) is 6.54 Å². The van der Waals surface area contributed by atoms with Crippen LogP contribution in [0, 0.1) is 6.92 Å². The number of urea groups is 1. The third kappa shape index (κ3) is 3.23. The van der Waals surface area contributed by atoms with Gasteiger partial charge in [-0.15, -0.1) is 0 Å². The Kier molecular flexibility index (Phi) is 4.75. The topological polar surface area (TPSA) is 78.4 Å². The number of hydrogen-bond acceptors (Lipinski definition) is 5. The lowest BCUT2D eigenvalue weighted by atomic mass is 10.3. The van der Waals surface area contributed by atoms with Crippen molar-refractivity contribution in [3.63, 3.8) is 0 Å². The van der Waals surface area contributed by atoms with Crippen LogP contribution in [0.15, 0.2) is 24.5 Å². The summed E-state index contributed by atoms with van der Waals surface area (Å²) < 4.78 is 0. The smallest absolute Gasteiger partial charge is 0.326 e. The molecule has 0 saturated carbocycles. The van der Waals surface area contributed by atoms with E-state index in [1.54, 1.807) is 29.1 Å². The zero-order chi connectivity index (χ0) is 17.1. The first-order valence-corrected chi connectivity index (χ1v) is 8.62. The van der Waals surface area contributed by atoms with E-state index in [0.717, 1.165) is 5.56 Å². The van der Waals surface area contributed by atoms with Gasteiger partial charge in [-0.2, -0.15) is 0 Å². The van der Waals surface area contributed by atoms with Gasteiger partial charge < -0.3 is 10.2 Å². The van der Waals surface area contributed by atoms with E-state index in [0.29, 0.717) is 41.9 Å². The van der Waals surface area contributed by atoms with Gasteiger partial charge in [-0.1, -0.05) is 17.4 Å². The SMILES string of the molecule is CCN1CCN(c2nc(C)c(C(=O)NCc3cccnc3)s2)C1=O. The second-order valence-corrected chi connectivity index (χ2v) is 6.45. The number of nitrogens with zero attached hydrogens (tertiary/aromatic N) is 4. The molecule has 0 aromatic carbocycles. The third-order valence-corrected chi connectivity index (χ3v) is 5.05. The Morgan fingerprint density at radius 1 is 1.42 bits per heavy atom. The minimum atomic E-state index is -0.181. The summed E-state index contributed by atoms with van der Waals surface area (Å²) in [4.78, 5) is 37.0. The molecule has 1 fully saturated rings. The van der Waals surface area contributed by atoms with Gasteiger partial charge in [-0.25, -0.2) is 9.78 Å². The minimum Gasteiger partial charge on any atom is -0.347 e. The second kappa shape index (κ2) is 6.96. The van der Waals surface area contributed by atoms with Crippen molar-refractivity contribution in [1.29, 1.82) is 0 Å². The van der Waals surface area contributed by atoms with Crippen LogP contribution in [0.2, 0.25) is 0 Å². The van der Waals surface area contributed by atoms with Gasteiger partial charge in [-0.3, -0.25) is 14.7 Å². The molecular formula is C16H19N5O2S. The molecule has 24 heavy (non-hydrogen) atoms. The fourth-order valence-electron chi connectivity index (χ4n) is 2.53. The Labute approximate surface area is 144 Å². The molecule has 1 N–H and O–H groups in total. The minimum absolute atomic E-state index is 0.0476. The fourth-order valence-corrected chi connectivity index (χ4v) is 3.53. The maximum atomic E-state index is 12.4. The number of anilines is 1. The van der Waals surface area contributed by atoms with Crippen LogP contribution in [-0.4, -0.2) is 46.4 Å². The number of thiazole rings is 1. The number of hydrogen-bond donors (Lipinski definition) is 1. The summed E-state index contributed by atoms with van der Waals surface area (Å²) in [6.07, 6.45) is 3.41. The normalized spacial score (nSPS) is 14.3. The average molecular weight is 345 g/mol. The molecule has 0 bridgehead atoms. The zero-order valence-electron chi connectivity index (χ0n) is 13.7. The number of nitrogens with one attached hydrogen (secondary N) is 1. The van der Waals surface area contributed by atoms with E-state index in [4.69, 9.17) is 0 Å². The molecule has 3 amide bonds. The molecule has 0 aliphatic carbocycles. The monoisotopic (exact) mass is 345 g/mol. The number of carbonyl (C=O) groups is 2. The highest BCUT2D eigenvalue weighted by Gasteiger charge is 2.31. The van der Waals surface area contributed by atoms with Crippen LogP contribution >= 0.6 is 11.3 Å². The summed E-state index contributed by atoms with van der Waals surface area (Å²) in [5.74, 6) is -0.181. The van der Waals surface area contributed by atoms with E-state index < -0.39 is 0 Å². The number of carbonyl (C=O) groups excluding carboxylic acids is 2. The summed E-state index contributed by atoms with van der Waals surface area (Å²) >= 11 is 1.26. The van der Waals surface area contributed by atoms with Gasteiger partial charge in [0, 0.05) is 38.6 Å². The zero-order valence-corrected chi connectivity index (χ0v) is 14.5. The number of rotatable bonds is 5. The largest absolute Gasteiger partial charge is 0.347 e. The van der Waals surface area contributed by atoms with E-state index >= 15 is 0 Å².